The number of fused-ring (bicyclic) bond motifs is 1. The van der Waals surface area contributed by atoms with Gasteiger partial charge in [0, 0.05) is 6.54 Å². The topological polar surface area (TPSA) is 108 Å². The Morgan fingerprint density at radius 1 is 1.30 bits per heavy atom. The molecule has 8 heteroatoms. The summed E-state index contributed by atoms with van der Waals surface area (Å²) < 4.78 is 11.3. The lowest BCUT2D eigenvalue weighted by molar-refractivity contribution is -0.157. The Balaban J connectivity index is 2.06. The Labute approximate surface area is 135 Å². The summed E-state index contributed by atoms with van der Waals surface area (Å²) in [4.78, 5) is 24.9. The number of nitrogens with one attached hydrogen (secondary N) is 1. The second-order valence-electron chi connectivity index (χ2n) is 6.11. The van der Waals surface area contributed by atoms with E-state index in [9.17, 15) is 14.7 Å². The van der Waals surface area contributed by atoms with E-state index in [2.05, 4.69) is 5.32 Å². The molecule has 2 aliphatic heterocycles. The number of ether oxygens (including phenoxy) is 2. The van der Waals surface area contributed by atoms with Crippen molar-refractivity contribution in [3.63, 3.8) is 0 Å². The Morgan fingerprint density at radius 2 is 2.09 bits per heavy atom. The van der Waals surface area contributed by atoms with Crippen LogP contribution in [0.15, 0.2) is 0 Å². The van der Waals surface area contributed by atoms with E-state index in [1.807, 2.05) is 6.92 Å². The van der Waals surface area contributed by atoms with E-state index >= 15 is 0 Å². The quantitative estimate of drug-likeness (QED) is 0.679. The first-order valence-corrected chi connectivity index (χ1v) is 8.18. The number of β-amino-alcohol motifs (C(OH)–C–C–N with tert-alkyl or cyclic N) is 1. The molecule has 2 heterocycles. The minimum absolute atomic E-state index is 0.0477. The molecular weight excluding hydrogens is 304 g/mol. The molecule has 0 saturated carbocycles. The summed E-state index contributed by atoms with van der Waals surface area (Å²) in [5.41, 5.74) is 0. The molecule has 0 aliphatic carbocycles. The van der Waals surface area contributed by atoms with Crippen LogP contribution in [0.2, 0.25) is 0 Å². The number of aliphatic carboxylic acids is 1. The number of hydrogen-bond donors (Lipinski definition) is 3. The van der Waals surface area contributed by atoms with Crippen LogP contribution >= 0.6 is 0 Å². The number of urea groups is 1. The van der Waals surface area contributed by atoms with Gasteiger partial charge in [-0.05, 0) is 19.3 Å². The summed E-state index contributed by atoms with van der Waals surface area (Å²) in [5.74, 6) is -0.895. The number of nitrogens with zero attached hydrogens (tertiary/aromatic N) is 1. The predicted octanol–water partition coefficient (Wildman–Crippen LogP) is 0.190. The first-order valence-electron chi connectivity index (χ1n) is 8.18. The van der Waals surface area contributed by atoms with Crippen molar-refractivity contribution in [1.82, 2.24) is 10.2 Å². The highest BCUT2D eigenvalue weighted by Gasteiger charge is 2.39. The number of hydrogen-bond acceptors (Lipinski definition) is 5. The third-order valence-corrected chi connectivity index (χ3v) is 4.17. The second kappa shape index (κ2) is 8.47. The molecule has 2 rings (SSSR count). The summed E-state index contributed by atoms with van der Waals surface area (Å²) in [7, 11) is 0. The fraction of sp³-hybridized carbons (Fsp3) is 0.867. The molecule has 0 aromatic heterocycles. The number of aliphatic hydroxyl groups is 1. The molecule has 132 valence electrons. The molecule has 2 fully saturated rings. The molecule has 0 bridgehead atoms. The molecule has 23 heavy (non-hydrogen) atoms. The van der Waals surface area contributed by atoms with E-state index < -0.39 is 12.1 Å². The Bertz CT molecular complexity index is 419. The molecular formula is C15H26N2O6. The SMILES string of the molecule is CCCNC(=O)N1C[C@@H](O)COC[C@@H]2O[C@H](CC(=O)O)CC[C@H]21. The number of carboxylic acid groups (broad SMARTS) is 1. The summed E-state index contributed by atoms with van der Waals surface area (Å²) in [5, 5.41) is 21.7. The van der Waals surface area contributed by atoms with Gasteiger partial charge >= 0.3 is 12.0 Å². The van der Waals surface area contributed by atoms with Crippen molar-refractivity contribution >= 4 is 12.0 Å². The van der Waals surface area contributed by atoms with Gasteiger partial charge < -0.3 is 29.9 Å². The smallest absolute Gasteiger partial charge is 0.317 e. The number of amides is 2. The van der Waals surface area contributed by atoms with Gasteiger partial charge in [0.05, 0.1) is 44.4 Å². The molecule has 2 aliphatic rings. The molecule has 4 atom stereocenters. The zero-order valence-electron chi connectivity index (χ0n) is 13.4. The summed E-state index contributed by atoms with van der Waals surface area (Å²) in [6.45, 7) is 3.11. The lowest BCUT2D eigenvalue weighted by Crippen LogP contribution is -2.59. The molecule has 2 amide bonds. The molecule has 0 aromatic rings. The minimum atomic E-state index is -0.895. The van der Waals surface area contributed by atoms with Gasteiger partial charge in [0.1, 0.15) is 6.10 Å². The third kappa shape index (κ3) is 5.05. The first kappa shape index (κ1) is 18.0. The van der Waals surface area contributed by atoms with Crippen LogP contribution in [0, 0.1) is 0 Å². The van der Waals surface area contributed by atoms with Gasteiger partial charge in [-0.25, -0.2) is 4.79 Å². The van der Waals surface area contributed by atoms with Crippen molar-refractivity contribution in [2.24, 2.45) is 0 Å². The molecule has 0 radical (unpaired) electrons. The Kier molecular flexibility index (Phi) is 6.61. The standard InChI is InChI=1S/C15H26N2O6/c1-2-5-16-15(21)17-7-10(18)8-22-9-13-12(17)4-3-11(23-13)6-14(19)20/h10-13,18H,2-9H2,1H3,(H,16,21)(H,19,20)/t10-,11+,12-,13+/m1/s1. The number of carboxylic acids is 1. The van der Waals surface area contributed by atoms with Crippen LogP contribution in [0.5, 0.6) is 0 Å². The number of aliphatic hydroxyl groups excluding tert-OH is 1. The van der Waals surface area contributed by atoms with Gasteiger partial charge in [0.2, 0.25) is 0 Å². The van der Waals surface area contributed by atoms with E-state index in [4.69, 9.17) is 14.6 Å². The molecule has 2 saturated heterocycles. The van der Waals surface area contributed by atoms with Crippen molar-refractivity contribution in [2.75, 3.05) is 26.3 Å². The maximum atomic E-state index is 12.4. The normalized spacial score (nSPS) is 31.7. The zero-order chi connectivity index (χ0) is 16.8. The van der Waals surface area contributed by atoms with Gasteiger partial charge in [0.25, 0.3) is 0 Å². The highest BCUT2D eigenvalue weighted by atomic mass is 16.5. The van der Waals surface area contributed by atoms with Crippen molar-refractivity contribution in [3.8, 4) is 0 Å². The predicted molar refractivity (Wildman–Crippen MR) is 81.2 cm³/mol. The van der Waals surface area contributed by atoms with Crippen molar-refractivity contribution in [3.05, 3.63) is 0 Å². The fourth-order valence-corrected chi connectivity index (χ4v) is 3.10. The highest BCUT2D eigenvalue weighted by Crippen LogP contribution is 2.27. The monoisotopic (exact) mass is 330 g/mol. The Hall–Kier alpha value is -1.38. The average Bonchev–Trinajstić information content (AvgIpc) is 2.48. The minimum Gasteiger partial charge on any atom is -0.481 e. The lowest BCUT2D eigenvalue weighted by atomic mass is 9.95. The van der Waals surface area contributed by atoms with Gasteiger partial charge in [-0.1, -0.05) is 6.92 Å². The van der Waals surface area contributed by atoms with Crippen molar-refractivity contribution in [2.45, 2.75) is 57.0 Å². The van der Waals surface area contributed by atoms with Crippen LogP contribution < -0.4 is 5.32 Å². The first-order chi connectivity index (χ1) is 11.0. The summed E-state index contributed by atoms with van der Waals surface area (Å²) in [6.07, 6.45) is 0.527. The van der Waals surface area contributed by atoms with E-state index in [0.29, 0.717) is 19.4 Å². The van der Waals surface area contributed by atoms with Crippen LogP contribution in [-0.4, -0.2) is 77.8 Å². The van der Waals surface area contributed by atoms with Crippen LogP contribution in [0.25, 0.3) is 0 Å². The number of rotatable bonds is 4. The summed E-state index contributed by atoms with van der Waals surface area (Å²) in [6, 6.07) is -0.435. The van der Waals surface area contributed by atoms with E-state index in [1.165, 1.54) is 0 Å². The molecule has 0 spiro atoms. The average molecular weight is 330 g/mol. The lowest BCUT2D eigenvalue weighted by Gasteiger charge is -2.44. The number of carbonyl (C=O) groups excluding carboxylic acids is 1. The van der Waals surface area contributed by atoms with Gasteiger partial charge in [-0.3, -0.25) is 4.79 Å². The molecule has 3 N–H and O–H groups in total. The van der Waals surface area contributed by atoms with Crippen LogP contribution in [0.4, 0.5) is 4.79 Å². The van der Waals surface area contributed by atoms with Gasteiger partial charge in [-0.15, -0.1) is 0 Å². The summed E-state index contributed by atoms with van der Waals surface area (Å²) >= 11 is 0. The van der Waals surface area contributed by atoms with E-state index in [1.54, 1.807) is 4.90 Å². The second-order valence-corrected chi connectivity index (χ2v) is 6.11. The third-order valence-electron chi connectivity index (χ3n) is 4.17. The highest BCUT2D eigenvalue weighted by molar-refractivity contribution is 5.74. The van der Waals surface area contributed by atoms with Gasteiger partial charge in [0.15, 0.2) is 0 Å². The number of carbonyl (C=O) groups is 2. The maximum Gasteiger partial charge on any atom is 0.317 e. The van der Waals surface area contributed by atoms with Gasteiger partial charge in [-0.2, -0.15) is 0 Å². The van der Waals surface area contributed by atoms with E-state index in [-0.39, 0.29) is 50.5 Å². The van der Waals surface area contributed by atoms with Crippen molar-refractivity contribution < 1.29 is 29.3 Å². The Morgan fingerprint density at radius 3 is 2.78 bits per heavy atom. The largest absolute Gasteiger partial charge is 0.481 e. The zero-order valence-corrected chi connectivity index (χ0v) is 13.4. The fourth-order valence-electron chi connectivity index (χ4n) is 3.10. The maximum absolute atomic E-state index is 12.4. The van der Waals surface area contributed by atoms with Crippen LogP contribution in [0.1, 0.15) is 32.6 Å². The molecule has 8 nitrogen and oxygen atoms in total. The van der Waals surface area contributed by atoms with Crippen molar-refractivity contribution in [1.29, 1.82) is 0 Å². The van der Waals surface area contributed by atoms with Crippen LogP contribution in [-0.2, 0) is 14.3 Å². The van der Waals surface area contributed by atoms with E-state index in [0.717, 1.165) is 6.42 Å². The molecule has 0 aromatic carbocycles. The van der Waals surface area contributed by atoms with Crippen LogP contribution in [0.3, 0.4) is 0 Å². The molecule has 0 unspecified atom stereocenters.